The van der Waals surface area contributed by atoms with E-state index in [2.05, 4.69) is 10.6 Å². The summed E-state index contributed by atoms with van der Waals surface area (Å²) in [5, 5.41) is 5.63. The minimum atomic E-state index is -0.209. The number of Topliss-reactive ketones (excluding diaryl/α,β-unsaturated/α-hetero) is 1. The maximum Gasteiger partial charge on any atom is 0.319 e. The summed E-state index contributed by atoms with van der Waals surface area (Å²) < 4.78 is 0. The molecular weight excluding hydrogens is 228 g/mol. The number of hydrogen-bond donors (Lipinski definition) is 2. The third-order valence-corrected chi connectivity index (χ3v) is 2.87. The molecule has 4 heteroatoms. The molecule has 0 saturated carbocycles. The van der Waals surface area contributed by atoms with Gasteiger partial charge in [0.1, 0.15) is 0 Å². The summed E-state index contributed by atoms with van der Waals surface area (Å²) >= 11 is 0. The van der Waals surface area contributed by atoms with Crippen molar-refractivity contribution in [2.24, 2.45) is 0 Å². The molecule has 1 rings (SSSR count). The minimum absolute atomic E-state index is 0.0167. The molecule has 18 heavy (non-hydrogen) atoms. The normalized spacial score (nSPS) is 10.2. The number of carbonyl (C=O) groups excluding carboxylic acids is 2. The zero-order valence-corrected chi connectivity index (χ0v) is 11.1. The molecule has 4 nitrogen and oxygen atoms in total. The van der Waals surface area contributed by atoms with E-state index in [1.165, 1.54) is 6.92 Å². The van der Waals surface area contributed by atoms with Crippen molar-refractivity contribution in [1.29, 1.82) is 0 Å². The lowest BCUT2D eigenvalue weighted by molar-refractivity contribution is 0.101. The van der Waals surface area contributed by atoms with Crippen LogP contribution in [0.5, 0.6) is 0 Å². The second kappa shape index (κ2) is 6.79. The minimum Gasteiger partial charge on any atom is -0.335 e. The molecule has 2 amide bonds. The Bertz CT molecular complexity index is 408. The fourth-order valence-corrected chi connectivity index (χ4v) is 1.63. The first-order chi connectivity index (χ1) is 8.56. The van der Waals surface area contributed by atoms with Crippen molar-refractivity contribution in [1.82, 2.24) is 5.32 Å². The fraction of sp³-hybridized carbons (Fsp3) is 0.429. The Kier molecular flexibility index (Phi) is 5.36. The van der Waals surface area contributed by atoms with Crippen LogP contribution in [0.15, 0.2) is 24.3 Å². The SMILES string of the molecule is CCC(CC)NC(=O)Nc1ccc(C(C)=O)cc1. The number of carbonyl (C=O) groups is 2. The van der Waals surface area contributed by atoms with Crippen molar-refractivity contribution in [3.63, 3.8) is 0 Å². The first-order valence-corrected chi connectivity index (χ1v) is 6.25. The topological polar surface area (TPSA) is 58.2 Å². The Morgan fingerprint density at radius 1 is 1.11 bits per heavy atom. The molecule has 1 aromatic carbocycles. The van der Waals surface area contributed by atoms with Crippen LogP contribution in [0.1, 0.15) is 44.0 Å². The predicted molar refractivity (Wildman–Crippen MR) is 73.0 cm³/mol. The molecule has 0 spiro atoms. The van der Waals surface area contributed by atoms with Gasteiger partial charge in [0.25, 0.3) is 0 Å². The van der Waals surface area contributed by atoms with E-state index in [1.807, 2.05) is 13.8 Å². The molecule has 2 N–H and O–H groups in total. The number of anilines is 1. The van der Waals surface area contributed by atoms with Crippen LogP contribution in [0.3, 0.4) is 0 Å². The average molecular weight is 248 g/mol. The van der Waals surface area contributed by atoms with Crippen molar-refractivity contribution in [3.05, 3.63) is 29.8 Å². The maximum atomic E-state index is 11.7. The van der Waals surface area contributed by atoms with Crippen molar-refractivity contribution >= 4 is 17.5 Å². The van der Waals surface area contributed by atoms with E-state index in [1.54, 1.807) is 24.3 Å². The second-order valence-corrected chi connectivity index (χ2v) is 4.25. The van der Waals surface area contributed by atoms with Crippen molar-refractivity contribution in [2.75, 3.05) is 5.32 Å². The van der Waals surface area contributed by atoms with Crippen LogP contribution < -0.4 is 10.6 Å². The highest BCUT2D eigenvalue weighted by Crippen LogP contribution is 2.10. The number of urea groups is 1. The molecular formula is C14H20N2O2. The molecule has 0 bridgehead atoms. The fourth-order valence-electron chi connectivity index (χ4n) is 1.63. The lowest BCUT2D eigenvalue weighted by Gasteiger charge is -2.15. The Morgan fingerprint density at radius 2 is 1.67 bits per heavy atom. The van der Waals surface area contributed by atoms with Crippen LogP contribution in [-0.2, 0) is 0 Å². The average Bonchev–Trinajstić information content (AvgIpc) is 2.36. The monoisotopic (exact) mass is 248 g/mol. The lowest BCUT2D eigenvalue weighted by atomic mass is 10.1. The molecule has 0 aliphatic heterocycles. The molecule has 0 aliphatic carbocycles. The Hall–Kier alpha value is -1.84. The highest BCUT2D eigenvalue weighted by Gasteiger charge is 2.08. The van der Waals surface area contributed by atoms with Crippen LogP contribution in [0.2, 0.25) is 0 Å². The van der Waals surface area contributed by atoms with Crippen LogP contribution in [0.4, 0.5) is 10.5 Å². The summed E-state index contributed by atoms with van der Waals surface area (Å²) in [5.74, 6) is 0.0167. The molecule has 0 aliphatic rings. The van der Waals surface area contributed by atoms with Crippen molar-refractivity contribution in [3.8, 4) is 0 Å². The van der Waals surface area contributed by atoms with Crippen molar-refractivity contribution in [2.45, 2.75) is 39.7 Å². The molecule has 0 fully saturated rings. The van der Waals surface area contributed by atoms with Gasteiger partial charge in [-0.05, 0) is 44.0 Å². The predicted octanol–water partition coefficient (Wildman–Crippen LogP) is 3.20. The van der Waals surface area contributed by atoms with Gasteiger partial charge in [-0.3, -0.25) is 4.79 Å². The standard InChI is InChI=1S/C14H20N2O2/c1-4-12(5-2)15-14(18)16-13-8-6-11(7-9-13)10(3)17/h6-9,12H,4-5H2,1-3H3,(H2,15,16,18). The zero-order chi connectivity index (χ0) is 13.5. The number of nitrogens with one attached hydrogen (secondary N) is 2. The van der Waals surface area contributed by atoms with Gasteiger partial charge in [-0.25, -0.2) is 4.79 Å². The van der Waals surface area contributed by atoms with E-state index >= 15 is 0 Å². The number of rotatable bonds is 5. The van der Waals surface area contributed by atoms with Crippen LogP contribution in [0.25, 0.3) is 0 Å². The zero-order valence-electron chi connectivity index (χ0n) is 11.1. The van der Waals surface area contributed by atoms with Crippen LogP contribution in [0, 0.1) is 0 Å². The van der Waals surface area contributed by atoms with E-state index in [9.17, 15) is 9.59 Å². The smallest absolute Gasteiger partial charge is 0.319 e. The molecule has 0 unspecified atom stereocenters. The first kappa shape index (κ1) is 14.2. The van der Waals surface area contributed by atoms with E-state index < -0.39 is 0 Å². The molecule has 0 saturated heterocycles. The van der Waals surface area contributed by atoms with Crippen molar-refractivity contribution < 1.29 is 9.59 Å². The van der Waals surface area contributed by atoms with Gasteiger partial charge in [-0.15, -0.1) is 0 Å². The van der Waals surface area contributed by atoms with E-state index in [4.69, 9.17) is 0 Å². The first-order valence-electron chi connectivity index (χ1n) is 6.25. The van der Waals surface area contributed by atoms with Gasteiger partial charge in [0.15, 0.2) is 5.78 Å². The van der Waals surface area contributed by atoms with Gasteiger partial charge in [0.05, 0.1) is 0 Å². The summed E-state index contributed by atoms with van der Waals surface area (Å²) in [4.78, 5) is 22.8. The van der Waals surface area contributed by atoms with E-state index in [0.717, 1.165) is 12.8 Å². The summed E-state index contributed by atoms with van der Waals surface area (Å²) in [7, 11) is 0. The molecule has 0 atom stereocenters. The summed E-state index contributed by atoms with van der Waals surface area (Å²) in [6.45, 7) is 5.59. The van der Waals surface area contributed by atoms with Gasteiger partial charge in [-0.2, -0.15) is 0 Å². The number of hydrogen-bond acceptors (Lipinski definition) is 2. The highest BCUT2D eigenvalue weighted by atomic mass is 16.2. The van der Waals surface area contributed by atoms with Gasteiger partial charge in [-0.1, -0.05) is 13.8 Å². The number of benzene rings is 1. The summed E-state index contributed by atoms with van der Waals surface area (Å²) in [6, 6.07) is 6.84. The molecule has 0 heterocycles. The third-order valence-electron chi connectivity index (χ3n) is 2.87. The van der Waals surface area contributed by atoms with Gasteiger partial charge < -0.3 is 10.6 Å². The number of ketones is 1. The van der Waals surface area contributed by atoms with Crippen LogP contribution in [-0.4, -0.2) is 17.9 Å². The second-order valence-electron chi connectivity index (χ2n) is 4.25. The Morgan fingerprint density at radius 3 is 2.11 bits per heavy atom. The van der Waals surface area contributed by atoms with E-state index in [-0.39, 0.29) is 17.9 Å². The Balaban J connectivity index is 2.56. The summed E-state index contributed by atoms with van der Waals surface area (Å²) in [5.41, 5.74) is 1.32. The van der Waals surface area contributed by atoms with Gasteiger partial charge in [0.2, 0.25) is 0 Å². The van der Waals surface area contributed by atoms with Crippen LogP contribution >= 0.6 is 0 Å². The van der Waals surface area contributed by atoms with E-state index in [0.29, 0.717) is 11.3 Å². The number of amides is 2. The highest BCUT2D eigenvalue weighted by molar-refractivity contribution is 5.95. The molecule has 1 aromatic rings. The molecule has 0 radical (unpaired) electrons. The molecule has 98 valence electrons. The molecule has 0 aromatic heterocycles. The third kappa shape index (κ3) is 4.20. The van der Waals surface area contributed by atoms with Gasteiger partial charge >= 0.3 is 6.03 Å². The quantitative estimate of drug-likeness (QED) is 0.786. The Labute approximate surface area is 108 Å². The van der Waals surface area contributed by atoms with Gasteiger partial charge in [0, 0.05) is 17.3 Å². The summed E-state index contributed by atoms with van der Waals surface area (Å²) in [6.07, 6.45) is 1.82. The largest absolute Gasteiger partial charge is 0.335 e. The lowest BCUT2D eigenvalue weighted by Crippen LogP contribution is -2.37. The maximum absolute atomic E-state index is 11.7.